The van der Waals surface area contributed by atoms with E-state index >= 15 is 0 Å². The van der Waals surface area contributed by atoms with Gasteiger partial charge in [0.1, 0.15) is 5.69 Å². The van der Waals surface area contributed by atoms with Crippen molar-refractivity contribution in [3.05, 3.63) is 35.7 Å². The number of carbonyl (C=O) groups excluding carboxylic acids is 1. The minimum absolute atomic E-state index is 0.255. The van der Waals surface area contributed by atoms with Crippen molar-refractivity contribution in [3.8, 4) is 0 Å². The lowest BCUT2D eigenvalue weighted by Gasteiger charge is -2.05. The molecule has 0 aliphatic heterocycles. The summed E-state index contributed by atoms with van der Waals surface area (Å²) in [4.78, 5) is 11.6. The van der Waals surface area contributed by atoms with Crippen LogP contribution in [0.5, 0.6) is 0 Å². The van der Waals surface area contributed by atoms with Crippen LogP contribution in [0.2, 0.25) is 0 Å². The van der Waals surface area contributed by atoms with Crippen molar-refractivity contribution in [3.63, 3.8) is 0 Å². The number of nitrogens with zero attached hydrogens (tertiary/aromatic N) is 1. The number of rotatable bonds is 4. The van der Waals surface area contributed by atoms with Crippen LogP contribution in [0.3, 0.4) is 0 Å². The van der Waals surface area contributed by atoms with Crippen molar-refractivity contribution in [2.45, 2.75) is 27.3 Å². The molecule has 0 saturated carbocycles. The number of hydrogen-bond donors (Lipinski definition) is 0. The predicted octanol–water partition coefficient (Wildman–Crippen LogP) is 2.55. The highest BCUT2D eigenvalue weighted by Crippen LogP contribution is 2.09. The lowest BCUT2D eigenvalue weighted by atomic mass is 10.3. The first-order chi connectivity index (χ1) is 7.19. The number of esters is 1. The summed E-state index contributed by atoms with van der Waals surface area (Å²) in [6.45, 7) is 6.85. The summed E-state index contributed by atoms with van der Waals surface area (Å²) in [5, 5.41) is 0. The molecule has 1 heterocycles. The summed E-state index contributed by atoms with van der Waals surface area (Å²) >= 11 is 0. The van der Waals surface area contributed by atoms with Gasteiger partial charge in [0.25, 0.3) is 0 Å². The maximum Gasteiger partial charge on any atom is 0.354 e. The summed E-state index contributed by atoms with van der Waals surface area (Å²) in [7, 11) is 0. The first-order valence-corrected chi connectivity index (χ1v) is 5.14. The van der Waals surface area contributed by atoms with Crippen LogP contribution < -0.4 is 0 Å². The fraction of sp³-hybridized carbons (Fsp3) is 0.417. The fourth-order valence-electron chi connectivity index (χ4n) is 1.40. The molecule has 1 aromatic rings. The molecule has 3 nitrogen and oxygen atoms in total. The van der Waals surface area contributed by atoms with Crippen LogP contribution in [-0.4, -0.2) is 17.1 Å². The molecule has 0 bridgehead atoms. The fourth-order valence-corrected chi connectivity index (χ4v) is 1.40. The van der Waals surface area contributed by atoms with Gasteiger partial charge in [-0.25, -0.2) is 4.79 Å². The van der Waals surface area contributed by atoms with Crippen molar-refractivity contribution in [1.29, 1.82) is 0 Å². The maximum absolute atomic E-state index is 11.6. The van der Waals surface area contributed by atoms with Crippen LogP contribution in [0, 0.1) is 6.92 Å². The molecule has 0 amide bonds. The molecule has 0 spiro atoms. The van der Waals surface area contributed by atoms with E-state index in [0.29, 0.717) is 18.8 Å². The Hall–Kier alpha value is -1.51. The zero-order chi connectivity index (χ0) is 11.3. The Morgan fingerprint density at radius 3 is 2.93 bits per heavy atom. The number of ether oxygens (including phenoxy) is 1. The molecule has 0 aromatic carbocycles. The van der Waals surface area contributed by atoms with Gasteiger partial charge in [0.05, 0.1) is 6.61 Å². The normalized spacial score (nSPS) is 10.9. The molecule has 0 aliphatic carbocycles. The number of allylic oxidation sites excluding steroid dienone is 2. The number of carbonyl (C=O) groups is 1. The summed E-state index contributed by atoms with van der Waals surface area (Å²) in [6, 6.07) is 1.85. The van der Waals surface area contributed by atoms with Crippen LogP contribution in [0.4, 0.5) is 0 Å². The van der Waals surface area contributed by atoms with E-state index in [1.807, 2.05) is 49.8 Å². The molecule has 0 fully saturated rings. The molecule has 1 rings (SSSR count). The van der Waals surface area contributed by atoms with E-state index in [9.17, 15) is 4.79 Å². The lowest BCUT2D eigenvalue weighted by Crippen LogP contribution is -2.11. The van der Waals surface area contributed by atoms with E-state index in [0.717, 1.165) is 5.56 Å². The molecule has 0 aliphatic rings. The predicted molar refractivity (Wildman–Crippen MR) is 59.9 cm³/mol. The summed E-state index contributed by atoms with van der Waals surface area (Å²) < 4.78 is 6.87. The smallest absolute Gasteiger partial charge is 0.354 e. The topological polar surface area (TPSA) is 31.2 Å². The Morgan fingerprint density at radius 1 is 1.60 bits per heavy atom. The average molecular weight is 207 g/mol. The molecule has 3 heteroatoms. The third kappa shape index (κ3) is 2.98. The maximum atomic E-state index is 11.6. The lowest BCUT2D eigenvalue weighted by molar-refractivity contribution is 0.0514. The Labute approximate surface area is 90.4 Å². The highest BCUT2D eigenvalue weighted by molar-refractivity contribution is 5.88. The average Bonchev–Trinajstić information content (AvgIpc) is 2.57. The van der Waals surface area contributed by atoms with Gasteiger partial charge >= 0.3 is 5.97 Å². The van der Waals surface area contributed by atoms with E-state index in [2.05, 4.69) is 0 Å². The van der Waals surface area contributed by atoms with Crippen molar-refractivity contribution < 1.29 is 9.53 Å². The number of aromatic nitrogens is 1. The van der Waals surface area contributed by atoms with E-state index in [1.54, 1.807) is 0 Å². The zero-order valence-electron chi connectivity index (χ0n) is 9.49. The van der Waals surface area contributed by atoms with Gasteiger partial charge in [-0.3, -0.25) is 0 Å². The van der Waals surface area contributed by atoms with Gasteiger partial charge in [-0.05, 0) is 32.4 Å². The quantitative estimate of drug-likeness (QED) is 0.561. The second-order valence-corrected chi connectivity index (χ2v) is 3.34. The van der Waals surface area contributed by atoms with Gasteiger partial charge in [0, 0.05) is 12.7 Å². The van der Waals surface area contributed by atoms with Gasteiger partial charge in [-0.15, -0.1) is 0 Å². The van der Waals surface area contributed by atoms with Gasteiger partial charge in [-0.1, -0.05) is 12.2 Å². The standard InChI is InChI=1S/C12H17NO2/c1-4-6-7-13-9-10(3)8-11(13)12(14)15-5-2/h4,6,8-9H,5,7H2,1-3H3. The summed E-state index contributed by atoms with van der Waals surface area (Å²) in [5.41, 5.74) is 1.69. The van der Waals surface area contributed by atoms with Crippen molar-refractivity contribution >= 4 is 5.97 Å². The number of aryl methyl sites for hydroxylation is 1. The van der Waals surface area contributed by atoms with Crippen molar-refractivity contribution in [2.24, 2.45) is 0 Å². The second kappa shape index (κ2) is 5.39. The molecular weight excluding hydrogens is 190 g/mol. The third-order valence-electron chi connectivity index (χ3n) is 2.06. The molecule has 0 radical (unpaired) electrons. The van der Waals surface area contributed by atoms with E-state index in [1.165, 1.54) is 0 Å². The van der Waals surface area contributed by atoms with Gasteiger partial charge < -0.3 is 9.30 Å². The summed E-state index contributed by atoms with van der Waals surface area (Å²) in [5.74, 6) is -0.255. The minimum atomic E-state index is -0.255. The highest BCUT2D eigenvalue weighted by Gasteiger charge is 2.12. The highest BCUT2D eigenvalue weighted by atomic mass is 16.5. The summed E-state index contributed by atoms with van der Waals surface area (Å²) in [6.07, 6.45) is 5.92. The molecular formula is C12H17NO2. The van der Waals surface area contributed by atoms with Gasteiger partial charge in [0.2, 0.25) is 0 Å². The van der Waals surface area contributed by atoms with E-state index < -0.39 is 0 Å². The van der Waals surface area contributed by atoms with Crippen molar-refractivity contribution in [1.82, 2.24) is 4.57 Å². The molecule has 1 aromatic heterocycles. The monoisotopic (exact) mass is 207 g/mol. The molecule has 0 N–H and O–H groups in total. The van der Waals surface area contributed by atoms with Crippen molar-refractivity contribution in [2.75, 3.05) is 6.61 Å². The zero-order valence-corrected chi connectivity index (χ0v) is 9.49. The Morgan fingerprint density at radius 2 is 2.33 bits per heavy atom. The Kier molecular flexibility index (Phi) is 4.16. The van der Waals surface area contributed by atoms with Crippen LogP contribution in [0.25, 0.3) is 0 Å². The molecule has 82 valence electrons. The van der Waals surface area contributed by atoms with E-state index in [4.69, 9.17) is 4.74 Å². The Balaban J connectivity index is 2.89. The van der Waals surface area contributed by atoms with Crippen LogP contribution in [-0.2, 0) is 11.3 Å². The largest absolute Gasteiger partial charge is 0.461 e. The van der Waals surface area contributed by atoms with Gasteiger partial charge in [0.15, 0.2) is 0 Å². The third-order valence-corrected chi connectivity index (χ3v) is 2.06. The molecule has 15 heavy (non-hydrogen) atoms. The van der Waals surface area contributed by atoms with E-state index in [-0.39, 0.29) is 5.97 Å². The first kappa shape index (κ1) is 11.6. The molecule has 0 atom stereocenters. The van der Waals surface area contributed by atoms with Gasteiger partial charge in [-0.2, -0.15) is 0 Å². The molecule has 0 unspecified atom stereocenters. The first-order valence-electron chi connectivity index (χ1n) is 5.14. The second-order valence-electron chi connectivity index (χ2n) is 3.34. The SMILES string of the molecule is CC=CCn1cc(C)cc1C(=O)OCC. The van der Waals surface area contributed by atoms with Crippen LogP contribution in [0.1, 0.15) is 29.9 Å². The Bertz CT molecular complexity index is 364. The minimum Gasteiger partial charge on any atom is -0.461 e. The van der Waals surface area contributed by atoms with Crippen LogP contribution in [0.15, 0.2) is 24.4 Å². The number of hydrogen-bond acceptors (Lipinski definition) is 2. The molecule has 0 saturated heterocycles. The van der Waals surface area contributed by atoms with Crippen LogP contribution >= 0.6 is 0 Å².